The molecule has 0 aliphatic heterocycles. The molecule has 1 aromatic carbocycles. The zero-order chi connectivity index (χ0) is 12.6. The Balaban J connectivity index is 2.17. The van der Waals surface area contributed by atoms with Gasteiger partial charge in [0.1, 0.15) is 0 Å². The molecule has 0 saturated heterocycles. The third-order valence-electron chi connectivity index (χ3n) is 3.27. The topological polar surface area (TPSA) is 20.3 Å². The van der Waals surface area contributed by atoms with Gasteiger partial charge in [0.15, 0.2) is 0 Å². The number of carbonyl (C=O) groups excluding carboxylic acids is 1. The van der Waals surface area contributed by atoms with Gasteiger partial charge in [0.2, 0.25) is 5.91 Å². The second kappa shape index (κ2) is 4.87. The molecule has 1 fully saturated rings. The molecule has 17 heavy (non-hydrogen) atoms. The fraction of sp³-hybridized carbons (Fsp3) is 0.462. The van der Waals surface area contributed by atoms with Crippen molar-refractivity contribution in [3.8, 4) is 0 Å². The van der Waals surface area contributed by atoms with Crippen LogP contribution in [0.15, 0.2) is 18.2 Å². The van der Waals surface area contributed by atoms with Crippen LogP contribution in [0.25, 0.3) is 0 Å². The van der Waals surface area contributed by atoms with Crippen molar-refractivity contribution in [2.45, 2.75) is 25.8 Å². The monoisotopic (exact) mass is 271 g/mol. The Morgan fingerprint density at radius 2 is 2.06 bits per heavy atom. The molecule has 2 nitrogen and oxygen atoms in total. The lowest BCUT2D eigenvalue weighted by atomic mass is 10.1. The molecule has 0 aromatic heterocycles. The summed E-state index contributed by atoms with van der Waals surface area (Å²) in [6.45, 7) is 1.98. The molecule has 1 amide bonds. The molecule has 0 spiro atoms. The molecule has 92 valence electrons. The van der Waals surface area contributed by atoms with Crippen molar-refractivity contribution in [3.05, 3.63) is 33.8 Å². The van der Waals surface area contributed by atoms with Gasteiger partial charge in [0.05, 0.1) is 6.04 Å². The molecule has 1 unspecified atom stereocenters. The first kappa shape index (κ1) is 12.7. The van der Waals surface area contributed by atoms with Crippen molar-refractivity contribution in [1.82, 2.24) is 4.90 Å². The number of nitrogens with zero attached hydrogens (tertiary/aromatic N) is 1. The van der Waals surface area contributed by atoms with E-state index in [9.17, 15) is 4.79 Å². The number of halogens is 2. The lowest BCUT2D eigenvalue weighted by molar-refractivity contribution is -0.133. The van der Waals surface area contributed by atoms with E-state index in [0.29, 0.717) is 10.0 Å². The van der Waals surface area contributed by atoms with Gasteiger partial charge in [-0.1, -0.05) is 29.3 Å². The van der Waals surface area contributed by atoms with Crippen LogP contribution in [0.2, 0.25) is 10.0 Å². The second-order valence-electron chi connectivity index (χ2n) is 4.57. The van der Waals surface area contributed by atoms with E-state index in [4.69, 9.17) is 23.2 Å². The van der Waals surface area contributed by atoms with Crippen molar-refractivity contribution >= 4 is 29.1 Å². The maximum Gasteiger partial charge on any atom is 0.225 e. The summed E-state index contributed by atoms with van der Waals surface area (Å²) in [5, 5.41) is 1.22. The van der Waals surface area contributed by atoms with Gasteiger partial charge in [0, 0.05) is 23.0 Å². The van der Waals surface area contributed by atoms with E-state index in [1.54, 1.807) is 17.0 Å². The molecule has 1 aromatic rings. The molecule has 2 rings (SSSR count). The van der Waals surface area contributed by atoms with E-state index < -0.39 is 0 Å². The molecule has 0 heterocycles. The van der Waals surface area contributed by atoms with Crippen LogP contribution < -0.4 is 0 Å². The first-order valence-electron chi connectivity index (χ1n) is 5.72. The van der Waals surface area contributed by atoms with Gasteiger partial charge in [-0.3, -0.25) is 4.79 Å². The van der Waals surface area contributed by atoms with Crippen LogP contribution in [0.4, 0.5) is 0 Å². The van der Waals surface area contributed by atoms with Gasteiger partial charge in [-0.05, 0) is 37.5 Å². The molecule has 1 aliphatic rings. The minimum atomic E-state index is -0.0205. The smallest absolute Gasteiger partial charge is 0.225 e. The van der Waals surface area contributed by atoms with Gasteiger partial charge in [0.25, 0.3) is 0 Å². The van der Waals surface area contributed by atoms with Crippen LogP contribution in [-0.2, 0) is 4.79 Å². The van der Waals surface area contributed by atoms with E-state index in [2.05, 4.69) is 0 Å². The van der Waals surface area contributed by atoms with Crippen LogP contribution in [0.3, 0.4) is 0 Å². The molecule has 4 heteroatoms. The van der Waals surface area contributed by atoms with Gasteiger partial charge < -0.3 is 4.90 Å². The summed E-state index contributed by atoms with van der Waals surface area (Å²) in [5.74, 6) is 0.442. The Hall–Kier alpha value is -0.730. The summed E-state index contributed by atoms with van der Waals surface area (Å²) >= 11 is 12.0. The number of rotatable bonds is 3. The lowest BCUT2D eigenvalue weighted by Gasteiger charge is -2.26. The first-order valence-corrected chi connectivity index (χ1v) is 6.48. The maximum atomic E-state index is 12.0. The molecule has 1 atom stereocenters. The minimum absolute atomic E-state index is 0.0205. The average Bonchev–Trinajstić information content (AvgIpc) is 3.10. The highest BCUT2D eigenvalue weighted by molar-refractivity contribution is 6.35. The van der Waals surface area contributed by atoms with E-state index >= 15 is 0 Å². The normalized spacial score (nSPS) is 16.7. The summed E-state index contributed by atoms with van der Waals surface area (Å²) in [6, 6.07) is 5.37. The Morgan fingerprint density at radius 3 is 2.59 bits per heavy atom. The third-order valence-corrected chi connectivity index (χ3v) is 3.83. The average molecular weight is 272 g/mol. The van der Waals surface area contributed by atoms with Crippen molar-refractivity contribution in [2.75, 3.05) is 7.05 Å². The number of hydrogen-bond acceptors (Lipinski definition) is 1. The van der Waals surface area contributed by atoms with E-state index in [1.807, 2.05) is 20.0 Å². The van der Waals surface area contributed by atoms with Gasteiger partial charge >= 0.3 is 0 Å². The predicted octanol–water partition coefficient (Wildman–Crippen LogP) is 3.92. The maximum absolute atomic E-state index is 12.0. The highest BCUT2D eigenvalue weighted by Crippen LogP contribution is 2.35. The highest BCUT2D eigenvalue weighted by atomic mass is 35.5. The van der Waals surface area contributed by atoms with Gasteiger partial charge in [-0.15, -0.1) is 0 Å². The largest absolute Gasteiger partial charge is 0.339 e. The van der Waals surface area contributed by atoms with E-state index in [0.717, 1.165) is 18.4 Å². The third kappa shape index (κ3) is 2.75. The molecular weight excluding hydrogens is 257 g/mol. The van der Waals surface area contributed by atoms with Crippen molar-refractivity contribution < 1.29 is 4.79 Å². The highest BCUT2D eigenvalue weighted by Gasteiger charge is 2.34. The van der Waals surface area contributed by atoms with E-state index in [-0.39, 0.29) is 17.9 Å². The molecular formula is C13H15Cl2NO. The Morgan fingerprint density at radius 1 is 1.41 bits per heavy atom. The Labute approximate surface area is 112 Å². The zero-order valence-electron chi connectivity index (χ0n) is 9.91. The fourth-order valence-electron chi connectivity index (χ4n) is 1.86. The Bertz CT molecular complexity index is 443. The minimum Gasteiger partial charge on any atom is -0.339 e. The number of amides is 1. The lowest BCUT2D eigenvalue weighted by Crippen LogP contribution is -2.30. The van der Waals surface area contributed by atoms with Crippen LogP contribution in [0.1, 0.15) is 31.4 Å². The molecule has 0 bridgehead atoms. The Kier molecular flexibility index (Phi) is 3.64. The van der Waals surface area contributed by atoms with Crippen LogP contribution >= 0.6 is 23.2 Å². The SMILES string of the molecule is CC(c1ccc(Cl)cc1Cl)N(C)C(=O)C1CC1. The molecule has 1 aliphatic carbocycles. The predicted molar refractivity (Wildman–Crippen MR) is 70.4 cm³/mol. The fourth-order valence-corrected chi connectivity index (χ4v) is 2.42. The van der Waals surface area contributed by atoms with Gasteiger partial charge in [-0.2, -0.15) is 0 Å². The quantitative estimate of drug-likeness (QED) is 0.816. The van der Waals surface area contributed by atoms with Gasteiger partial charge in [-0.25, -0.2) is 0 Å². The first-order chi connectivity index (χ1) is 8.00. The molecule has 0 radical (unpaired) electrons. The zero-order valence-corrected chi connectivity index (χ0v) is 11.4. The van der Waals surface area contributed by atoms with E-state index in [1.165, 1.54) is 0 Å². The standard InChI is InChI=1S/C13H15Cl2NO/c1-8(16(2)13(17)9-3-4-9)11-6-5-10(14)7-12(11)15/h5-9H,3-4H2,1-2H3. The summed E-state index contributed by atoms with van der Waals surface area (Å²) in [6.07, 6.45) is 2.04. The van der Waals surface area contributed by atoms with Crippen LogP contribution in [0.5, 0.6) is 0 Å². The molecule has 1 saturated carbocycles. The summed E-state index contributed by atoms with van der Waals surface area (Å²) in [4.78, 5) is 13.7. The molecule has 0 N–H and O–H groups in total. The number of benzene rings is 1. The summed E-state index contributed by atoms with van der Waals surface area (Å²) in [5.41, 5.74) is 0.938. The van der Waals surface area contributed by atoms with Crippen LogP contribution in [0, 0.1) is 5.92 Å². The number of carbonyl (C=O) groups is 1. The van der Waals surface area contributed by atoms with Crippen molar-refractivity contribution in [3.63, 3.8) is 0 Å². The summed E-state index contributed by atoms with van der Waals surface area (Å²) in [7, 11) is 1.83. The van der Waals surface area contributed by atoms with Crippen molar-refractivity contribution in [2.24, 2.45) is 5.92 Å². The second-order valence-corrected chi connectivity index (χ2v) is 5.41. The summed E-state index contributed by atoms with van der Waals surface area (Å²) < 4.78 is 0. The van der Waals surface area contributed by atoms with Crippen molar-refractivity contribution in [1.29, 1.82) is 0 Å². The van der Waals surface area contributed by atoms with Crippen LogP contribution in [-0.4, -0.2) is 17.9 Å². The number of hydrogen-bond donors (Lipinski definition) is 0.